The molecule has 1 aliphatic rings. The van der Waals surface area contributed by atoms with Crippen LogP contribution in [0.5, 0.6) is 0 Å². The van der Waals surface area contributed by atoms with Crippen LogP contribution in [0.25, 0.3) is 0 Å². The van der Waals surface area contributed by atoms with E-state index >= 15 is 0 Å². The van der Waals surface area contributed by atoms with Crippen LogP contribution in [0.1, 0.15) is 43.2 Å². The Bertz CT molecular complexity index is 382. The quantitative estimate of drug-likeness (QED) is 0.828. The molecule has 1 aliphatic carbocycles. The van der Waals surface area contributed by atoms with Crippen LogP contribution < -0.4 is 5.32 Å². The Morgan fingerprint density at radius 3 is 2.33 bits per heavy atom. The van der Waals surface area contributed by atoms with Gasteiger partial charge in [0.15, 0.2) is 0 Å². The highest BCUT2D eigenvalue weighted by Gasteiger charge is 2.20. The number of rotatable bonds is 4. The maximum atomic E-state index is 12.0. The zero-order chi connectivity index (χ0) is 12.8. The van der Waals surface area contributed by atoms with Gasteiger partial charge in [-0.15, -0.1) is 11.6 Å². The van der Waals surface area contributed by atoms with Crippen molar-refractivity contribution in [1.29, 1.82) is 0 Å². The van der Waals surface area contributed by atoms with Crippen LogP contribution in [0, 0.1) is 5.92 Å². The minimum Gasteiger partial charge on any atom is -0.352 e. The van der Waals surface area contributed by atoms with Crippen LogP contribution in [-0.2, 0) is 17.2 Å². The lowest BCUT2D eigenvalue weighted by molar-refractivity contribution is -0.126. The molecule has 1 N–H and O–H groups in total. The Kier molecular flexibility index (Phi) is 5.06. The van der Waals surface area contributed by atoms with Gasteiger partial charge in [0.2, 0.25) is 5.91 Å². The molecule has 18 heavy (non-hydrogen) atoms. The number of amides is 1. The average Bonchev–Trinajstić information content (AvgIpc) is 2.46. The molecule has 0 aliphatic heterocycles. The van der Waals surface area contributed by atoms with Crippen molar-refractivity contribution in [3.05, 3.63) is 35.4 Å². The van der Waals surface area contributed by atoms with Crippen molar-refractivity contribution in [2.45, 2.75) is 44.5 Å². The Morgan fingerprint density at radius 2 is 1.72 bits per heavy atom. The number of carbonyl (C=O) groups is 1. The summed E-state index contributed by atoms with van der Waals surface area (Å²) in [6.45, 7) is 0.623. The molecule has 1 amide bonds. The molecule has 0 saturated heterocycles. The van der Waals surface area contributed by atoms with E-state index in [1.54, 1.807) is 0 Å². The van der Waals surface area contributed by atoms with Crippen LogP contribution in [0.4, 0.5) is 0 Å². The molecule has 0 aromatic heterocycles. The number of nitrogens with one attached hydrogen (secondary N) is 1. The van der Waals surface area contributed by atoms with Gasteiger partial charge in [0.05, 0.1) is 0 Å². The van der Waals surface area contributed by atoms with Crippen LogP contribution in [-0.4, -0.2) is 5.91 Å². The molecule has 0 radical (unpaired) electrons. The first-order valence-electron chi connectivity index (χ1n) is 6.71. The van der Waals surface area contributed by atoms with Crippen LogP contribution >= 0.6 is 11.6 Å². The lowest BCUT2D eigenvalue weighted by Crippen LogP contribution is -2.31. The molecule has 1 fully saturated rings. The van der Waals surface area contributed by atoms with E-state index in [9.17, 15) is 4.79 Å². The van der Waals surface area contributed by atoms with E-state index < -0.39 is 0 Å². The smallest absolute Gasteiger partial charge is 0.223 e. The first-order chi connectivity index (χ1) is 8.79. The van der Waals surface area contributed by atoms with E-state index in [1.807, 2.05) is 24.3 Å². The van der Waals surface area contributed by atoms with E-state index in [0.717, 1.165) is 24.0 Å². The first kappa shape index (κ1) is 13.4. The van der Waals surface area contributed by atoms with Gasteiger partial charge in [0, 0.05) is 18.3 Å². The normalized spacial score (nSPS) is 16.5. The summed E-state index contributed by atoms with van der Waals surface area (Å²) in [4.78, 5) is 12.0. The Balaban J connectivity index is 1.80. The summed E-state index contributed by atoms with van der Waals surface area (Å²) in [5, 5.41) is 3.03. The third kappa shape index (κ3) is 3.74. The fraction of sp³-hybridized carbons (Fsp3) is 0.533. The fourth-order valence-corrected chi connectivity index (χ4v) is 2.62. The molecule has 1 saturated carbocycles. The summed E-state index contributed by atoms with van der Waals surface area (Å²) in [6.07, 6.45) is 5.78. The maximum Gasteiger partial charge on any atom is 0.223 e. The minimum atomic E-state index is 0.219. The predicted molar refractivity (Wildman–Crippen MR) is 74.4 cm³/mol. The van der Waals surface area contributed by atoms with Gasteiger partial charge in [0.25, 0.3) is 0 Å². The predicted octanol–water partition coefficient (Wildman–Crippen LogP) is 3.62. The number of hydrogen-bond donors (Lipinski definition) is 1. The second-order valence-electron chi connectivity index (χ2n) is 5.00. The van der Waals surface area contributed by atoms with E-state index in [1.165, 1.54) is 19.3 Å². The molecule has 0 unspecified atom stereocenters. The highest BCUT2D eigenvalue weighted by atomic mass is 35.5. The molecule has 2 rings (SSSR count). The summed E-state index contributed by atoms with van der Waals surface area (Å²) in [7, 11) is 0. The topological polar surface area (TPSA) is 29.1 Å². The van der Waals surface area contributed by atoms with Crippen molar-refractivity contribution in [3.63, 3.8) is 0 Å². The summed E-state index contributed by atoms with van der Waals surface area (Å²) >= 11 is 5.74. The van der Waals surface area contributed by atoms with Crippen molar-refractivity contribution in [2.24, 2.45) is 5.92 Å². The Morgan fingerprint density at radius 1 is 1.11 bits per heavy atom. The summed E-state index contributed by atoms with van der Waals surface area (Å²) < 4.78 is 0. The van der Waals surface area contributed by atoms with Crippen LogP contribution in [0.15, 0.2) is 24.3 Å². The summed E-state index contributed by atoms with van der Waals surface area (Å²) in [6, 6.07) is 8.07. The summed E-state index contributed by atoms with van der Waals surface area (Å²) in [5.41, 5.74) is 2.24. The maximum absolute atomic E-state index is 12.0. The van der Waals surface area contributed by atoms with E-state index in [0.29, 0.717) is 12.4 Å². The van der Waals surface area contributed by atoms with Gasteiger partial charge in [0.1, 0.15) is 0 Å². The number of alkyl halides is 1. The molecule has 1 aromatic rings. The lowest BCUT2D eigenvalue weighted by Gasteiger charge is -2.20. The molecule has 98 valence electrons. The second-order valence-corrected chi connectivity index (χ2v) is 5.27. The van der Waals surface area contributed by atoms with Crippen molar-refractivity contribution in [3.8, 4) is 0 Å². The monoisotopic (exact) mass is 265 g/mol. The summed E-state index contributed by atoms with van der Waals surface area (Å²) in [5.74, 6) is 0.992. The van der Waals surface area contributed by atoms with Gasteiger partial charge in [-0.05, 0) is 24.0 Å². The number of carbonyl (C=O) groups excluding carboxylic acids is 1. The molecule has 3 heteroatoms. The van der Waals surface area contributed by atoms with E-state index in [2.05, 4.69) is 5.32 Å². The molecule has 0 atom stereocenters. The van der Waals surface area contributed by atoms with Crippen molar-refractivity contribution in [2.75, 3.05) is 0 Å². The highest BCUT2D eigenvalue weighted by molar-refractivity contribution is 6.17. The Labute approximate surface area is 114 Å². The second kappa shape index (κ2) is 6.79. The van der Waals surface area contributed by atoms with Crippen molar-refractivity contribution < 1.29 is 4.79 Å². The van der Waals surface area contributed by atoms with Gasteiger partial charge in [-0.3, -0.25) is 4.79 Å². The molecule has 1 aromatic carbocycles. The van der Waals surface area contributed by atoms with Crippen molar-refractivity contribution in [1.82, 2.24) is 5.32 Å². The van der Waals surface area contributed by atoms with Crippen LogP contribution in [0.2, 0.25) is 0 Å². The van der Waals surface area contributed by atoms with Crippen LogP contribution in [0.3, 0.4) is 0 Å². The average molecular weight is 266 g/mol. The standard InChI is InChI=1S/C15H20ClNO/c16-10-12-6-8-13(9-7-12)11-17-15(18)14-4-2-1-3-5-14/h6-9,14H,1-5,10-11H2,(H,17,18). The SMILES string of the molecule is O=C(NCc1ccc(CCl)cc1)C1CCCCC1. The minimum absolute atomic E-state index is 0.219. The third-order valence-corrected chi connectivity index (χ3v) is 3.93. The van der Waals surface area contributed by atoms with E-state index in [4.69, 9.17) is 11.6 Å². The fourth-order valence-electron chi connectivity index (χ4n) is 2.44. The van der Waals surface area contributed by atoms with Gasteiger partial charge < -0.3 is 5.32 Å². The lowest BCUT2D eigenvalue weighted by atomic mass is 9.88. The zero-order valence-corrected chi connectivity index (χ0v) is 11.4. The third-order valence-electron chi connectivity index (χ3n) is 3.62. The van der Waals surface area contributed by atoms with E-state index in [-0.39, 0.29) is 11.8 Å². The van der Waals surface area contributed by atoms with Gasteiger partial charge in [-0.25, -0.2) is 0 Å². The molecule has 0 heterocycles. The van der Waals surface area contributed by atoms with Gasteiger partial charge in [-0.1, -0.05) is 43.5 Å². The molecule has 2 nitrogen and oxygen atoms in total. The Hall–Kier alpha value is -1.02. The zero-order valence-electron chi connectivity index (χ0n) is 10.6. The first-order valence-corrected chi connectivity index (χ1v) is 7.24. The number of benzene rings is 1. The number of halogens is 1. The van der Waals surface area contributed by atoms with Gasteiger partial charge in [-0.2, -0.15) is 0 Å². The van der Waals surface area contributed by atoms with Crippen molar-refractivity contribution >= 4 is 17.5 Å². The molecule has 0 spiro atoms. The highest BCUT2D eigenvalue weighted by Crippen LogP contribution is 2.23. The molecular weight excluding hydrogens is 246 g/mol. The van der Waals surface area contributed by atoms with Gasteiger partial charge >= 0.3 is 0 Å². The number of hydrogen-bond acceptors (Lipinski definition) is 1. The molecular formula is C15H20ClNO. The largest absolute Gasteiger partial charge is 0.352 e. The molecule has 0 bridgehead atoms.